The van der Waals surface area contributed by atoms with Crippen molar-refractivity contribution in [2.75, 3.05) is 45.6 Å². The van der Waals surface area contributed by atoms with E-state index in [1.165, 1.54) is 38.2 Å². The molecule has 2 heterocycles. The molecular formula is C13H26N2OS. The SMILES string of the molecule is CCC1CN(CC2COCCC2NC)CCS1. The lowest BCUT2D eigenvalue weighted by Gasteiger charge is -2.38. The van der Waals surface area contributed by atoms with Crippen LogP contribution in [0.25, 0.3) is 0 Å². The highest BCUT2D eigenvalue weighted by Crippen LogP contribution is 2.23. The highest BCUT2D eigenvalue weighted by molar-refractivity contribution is 8.00. The fourth-order valence-corrected chi connectivity index (χ4v) is 4.13. The number of rotatable bonds is 4. The zero-order valence-electron chi connectivity index (χ0n) is 11.2. The molecule has 0 saturated carbocycles. The third kappa shape index (κ3) is 3.85. The lowest BCUT2D eigenvalue weighted by molar-refractivity contribution is 0.0188. The normalized spacial score (nSPS) is 36.0. The molecule has 0 bridgehead atoms. The van der Waals surface area contributed by atoms with E-state index < -0.39 is 0 Å². The summed E-state index contributed by atoms with van der Waals surface area (Å²) in [6.07, 6.45) is 2.47. The second-order valence-corrected chi connectivity index (χ2v) is 6.59. The Morgan fingerprint density at radius 3 is 3.12 bits per heavy atom. The zero-order chi connectivity index (χ0) is 12.1. The maximum Gasteiger partial charge on any atom is 0.0521 e. The predicted octanol–water partition coefficient (Wildman–Crippen LogP) is 1.44. The molecule has 4 heteroatoms. The molecular weight excluding hydrogens is 232 g/mol. The Hall–Kier alpha value is 0.230. The van der Waals surface area contributed by atoms with Gasteiger partial charge in [0, 0.05) is 49.2 Å². The Morgan fingerprint density at radius 1 is 1.47 bits per heavy atom. The monoisotopic (exact) mass is 258 g/mol. The second-order valence-electron chi connectivity index (χ2n) is 5.18. The summed E-state index contributed by atoms with van der Waals surface area (Å²) in [5.74, 6) is 1.98. The lowest BCUT2D eigenvalue weighted by atomic mass is 9.95. The van der Waals surface area contributed by atoms with Gasteiger partial charge < -0.3 is 15.0 Å². The van der Waals surface area contributed by atoms with E-state index in [1.807, 2.05) is 0 Å². The molecule has 0 aliphatic carbocycles. The van der Waals surface area contributed by atoms with Crippen molar-refractivity contribution in [1.82, 2.24) is 10.2 Å². The number of ether oxygens (including phenoxy) is 1. The third-order valence-electron chi connectivity index (χ3n) is 4.02. The average Bonchev–Trinajstić information content (AvgIpc) is 2.39. The summed E-state index contributed by atoms with van der Waals surface area (Å²) in [5.41, 5.74) is 0. The molecule has 17 heavy (non-hydrogen) atoms. The highest BCUT2D eigenvalue weighted by atomic mass is 32.2. The molecule has 3 nitrogen and oxygen atoms in total. The van der Waals surface area contributed by atoms with Crippen LogP contribution in [-0.4, -0.2) is 61.8 Å². The summed E-state index contributed by atoms with van der Waals surface area (Å²) in [6, 6.07) is 0.651. The number of nitrogens with zero attached hydrogens (tertiary/aromatic N) is 1. The smallest absolute Gasteiger partial charge is 0.0521 e. The van der Waals surface area contributed by atoms with Gasteiger partial charge in [-0.25, -0.2) is 0 Å². The molecule has 2 aliphatic rings. The minimum absolute atomic E-state index is 0.651. The van der Waals surface area contributed by atoms with Crippen molar-refractivity contribution >= 4 is 11.8 Å². The fraction of sp³-hybridized carbons (Fsp3) is 1.00. The molecule has 0 aromatic rings. The van der Waals surface area contributed by atoms with Crippen LogP contribution in [0.15, 0.2) is 0 Å². The zero-order valence-corrected chi connectivity index (χ0v) is 12.0. The van der Waals surface area contributed by atoms with Crippen molar-refractivity contribution in [2.45, 2.75) is 31.1 Å². The van der Waals surface area contributed by atoms with Crippen molar-refractivity contribution in [1.29, 1.82) is 0 Å². The standard InChI is InChI=1S/C13H26N2OS/c1-3-12-9-15(5-7-17-12)8-11-10-16-6-4-13(11)14-2/h11-14H,3-10H2,1-2H3. The molecule has 0 amide bonds. The third-order valence-corrected chi connectivity index (χ3v) is 5.39. The molecule has 2 rings (SSSR count). The van der Waals surface area contributed by atoms with E-state index >= 15 is 0 Å². The maximum absolute atomic E-state index is 5.64. The second kappa shape index (κ2) is 6.98. The van der Waals surface area contributed by atoms with Crippen LogP contribution < -0.4 is 5.32 Å². The van der Waals surface area contributed by atoms with Crippen molar-refractivity contribution < 1.29 is 4.74 Å². The van der Waals surface area contributed by atoms with Crippen molar-refractivity contribution in [2.24, 2.45) is 5.92 Å². The first-order valence-electron chi connectivity index (χ1n) is 6.92. The van der Waals surface area contributed by atoms with Crippen LogP contribution in [0.1, 0.15) is 19.8 Å². The van der Waals surface area contributed by atoms with Gasteiger partial charge >= 0.3 is 0 Å². The van der Waals surface area contributed by atoms with E-state index in [0.29, 0.717) is 12.0 Å². The Labute approximate surface area is 110 Å². The fourth-order valence-electron chi connectivity index (χ4n) is 2.88. The van der Waals surface area contributed by atoms with Gasteiger partial charge in [0.2, 0.25) is 0 Å². The van der Waals surface area contributed by atoms with Crippen LogP contribution >= 0.6 is 11.8 Å². The summed E-state index contributed by atoms with van der Waals surface area (Å²) in [7, 11) is 2.09. The van der Waals surface area contributed by atoms with Crippen molar-refractivity contribution in [3.8, 4) is 0 Å². The molecule has 0 radical (unpaired) electrons. The summed E-state index contributed by atoms with van der Waals surface area (Å²) in [6.45, 7) is 7.91. The van der Waals surface area contributed by atoms with Crippen molar-refractivity contribution in [3.63, 3.8) is 0 Å². The molecule has 0 aromatic heterocycles. The molecule has 3 unspecified atom stereocenters. The first-order chi connectivity index (χ1) is 8.33. The maximum atomic E-state index is 5.64. The molecule has 2 aliphatic heterocycles. The van der Waals surface area contributed by atoms with E-state index in [2.05, 4.69) is 35.9 Å². The molecule has 0 spiro atoms. The van der Waals surface area contributed by atoms with E-state index in [4.69, 9.17) is 4.74 Å². The Bertz CT molecular complexity index is 227. The van der Waals surface area contributed by atoms with Gasteiger partial charge in [0.05, 0.1) is 6.61 Å². The van der Waals surface area contributed by atoms with Crippen molar-refractivity contribution in [3.05, 3.63) is 0 Å². The number of nitrogens with one attached hydrogen (secondary N) is 1. The van der Waals surface area contributed by atoms with Crippen LogP contribution in [0, 0.1) is 5.92 Å². The van der Waals surface area contributed by atoms with Gasteiger partial charge in [0.15, 0.2) is 0 Å². The van der Waals surface area contributed by atoms with Gasteiger partial charge in [-0.15, -0.1) is 0 Å². The number of hydrogen-bond donors (Lipinski definition) is 1. The van der Waals surface area contributed by atoms with Gasteiger partial charge in [-0.1, -0.05) is 6.92 Å². The van der Waals surface area contributed by atoms with E-state index in [9.17, 15) is 0 Å². The molecule has 2 saturated heterocycles. The minimum atomic E-state index is 0.651. The van der Waals surface area contributed by atoms with Crippen LogP contribution in [0.3, 0.4) is 0 Å². The summed E-state index contributed by atoms with van der Waals surface area (Å²) in [4.78, 5) is 2.65. The quantitative estimate of drug-likeness (QED) is 0.825. The van der Waals surface area contributed by atoms with Crippen LogP contribution in [0.5, 0.6) is 0 Å². The number of thioether (sulfide) groups is 1. The summed E-state index contributed by atoms with van der Waals surface area (Å²) < 4.78 is 5.64. The average molecular weight is 258 g/mol. The largest absolute Gasteiger partial charge is 0.381 e. The molecule has 1 N–H and O–H groups in total. The highest BCUT2D eigenvalue weighted by Gasteiger charge is 2.28. The molecule has 100 valence electrons. The van der Waals surface area contributed by atoms with E-state index in [-0.39, 0.29) is 0 Å². The first-order valence-corrected chi connectivity index (χ1v) is 7.97. The summed E-state index contributed by atoms with van der Waals surface area (Å²) >= 11 is 2.15. The predicted molar refractivity (Wildman–Crippen MR) is 74.8 cm³/mol. The van der Waals surface area contributed by atoms with Gasteiger partial charge in [0.25, 0.3) is 0 Å². The summed E-state index contributed by atoms with van der Waals surface area (Å²) in [5, 5.41) is 4.31. The molecule has 0 aromatic carbocycles. The van der Waals surface area contributed by atoms with Crippen LogP contribution in [0.2, 0.25) is 0 Å². The Kier molecular flexibility index (Phi) is 5.60. The van der Waals surface area contributed by atoms with Crippen LogP contribution in [0.4, 0.5) is 0 Å². The van der Waals surface area contributed by atoms with E-state index in [1.54, 1.807) is 0 Å². The van der Waals surface area contributed by atoms with Gasteiger partial charge in [-0.2, -0.15) is 11.8 Å². The molecule has 2 fully saturated rings. The van der Waals surface area contributed by atoms with E-state index in [0.717, 1.165) is 18.5 Å². The Morgan fingerprint density at radius 2 is 2.35 bits per heavy atom. The first kappa shape index (κ1) is 13.7. The lowest BCUT2D eigenvalue weighted by Crippen LogP contribution is -2.49. The van der Waals surface area contributed by atoms with Crippen LogP contribution in [-0.2, 0) is 4.74 Å². The molecule has 3 atom stereocenters. The van der Waals surface area contributed by atoms with Gasteiger partial charge in [-0.05, 0) is 19.9 Å². The van der Waals surface area contributed by atoms with Gasteiger partial charge in [-0.3, -0.25) is 0 Å². The van der Waals surface area contributed by atoms with Gasteiger partial charge in [0.1, 0.15) is 0 Å². The number of hydrogen-bond acceptors (Lipinski definition) is 4. The topological polar surface area (TPSA) is 24.5 Å². The Balaban J connectivity index is 1.81. The minimum Gasteiger partial charge on any atom is -0.381 e.